The van der Waals surface area contributed by atoms with Crippen molar-refractivity contribution in [2.45, 2.75) is 57.6 Å². The van der Waals surface area contributed by atoms with E-state index in [0.717, 1.165) is 45.5 Å². The molecule has 1 fully saturated rings. The molecule has 124 valence electrons. The van der Waals surface area contributed by atoms with Crippen molar-refractivity contribution in [3.05, 3.63) is 0 Å². The second-order valence-corrected chi connectivity index (χ2v) is 6.11. The fraction of sp³-hybridized carbons (Fsp3) is 0.938. The van der Waals surface area contributed by atoms with Gasteiger partial charge in [-0.1, -0.05) is 6.92 Å². The summed E-state index contributed by atoms with van der Waals surface area (Å²) in [6.45, 7) is 8.09. The van der Waals surface area contributed by atoms with Crippen molar-refractivity contribution in [1.29, 1.82) is 0 Å². The van der Waals surface area contributed by atoms with Gasteiger partial charge in [-0.2, -0.15) is 0 Å². The number of carbonyl (C=O) groups excluding carboxylic acids is 1. The Morgan fingerprint density at radius 2 is 2.24 bits per heavy atom. The Kier molecular flexibility index (Phi) is 8.22. The maximum Gasteiger partial charge on any atom is 0.325 e. The van der Waals surface area contributed by atoms with Crippen molar-refractivity contribution in [2.75, 3.05) is 40.4 Å². The molecule has 1 saturated heterocycles. The number of likely N-dealkylation sites (N-methyl/N-ethyl adjacent to an activating group) is 1. The second-order valence-electron chi connectivity index (χ2n) is 6.11. The summed E-state index contributed by atoms with van der Waals surface area (Å²) in [5.74, 6) is -0.187. The predicted octanol–water partition coefficient (Wildman–Crippen LogP) is 1.81. The molecule has 0 aromatic rings. The Morgan fingerprint density at radius 3 is 2.86 bits per heavy atom. The maximum absolute atomic E-state index is 11.8. The molecule has 0 aromatic heterocycles. The largest absolute Gasteiger partial charge is 0.468 e. The number of methoxy groups -OCH3 is 1. The quantitative estimate of drug-likeness (QED) is 0.658. The molecule has 0 aromatic carbocycles. The van der Waals surface area contributed by atoms with Crippen LogP contribution in [0.1, 0.15) is 46.0 Å². The van der Waals surface area contributed by atoms with Crippen LogP contribution in [0, 0.1) is 0 Å². The van der Waals surface area contributed by atoms with Crippen molar-refractivity contribution >= 4 is 5.97 Å². The first kappa shape index (κ1) is 18.4. The number of carbonyl (C=O) groups is 1. The highest BCUT2D eigenvalue weighted by Gasteiger charge is 2.32. The fourth-order valence-electron chi connectivity index (χ4n) is 2.85. The normalized spacial score (nSPS) is 22.8. The van der Waals surface area contributed by atoms with E-state index in [-0.39, 0.29) is 5.97 Å². The van der Waals surface area contributed by atoms with Crippen LogP contribution in [-0.4, -0.2) is 62.9 Å². The highest BCUT2D eigenvalue weighted by atomic mass is 16.5. The highest BCUT2D eigenvalue weighted by Crippen LogP contribution is 2.17. The Morgan fingerprint density at radius 1 is 1.48 bits per heavy atom. The fourth-order valence-corrected chi connectivity index (χ4v) is 2.85. The molecule has 21 heavy (non-hydrogen) atoms. The van der Waals surface area contributed by atoms with Gasteiger partial charge in [0.15, 0.2) is 0 Å². The molecule has 0 radical (unpaired) electrons. The van der Waals surface area contributed by atoms with Crippen LogP contribution in [0.15, 0.2) is 0 Å². The lowest BCUT2D eigenvalue weighted by Gasteiger charge is -2.33. The van der Waals surface area contributed by atoms with Crippen molar-refractivity contribution in [3.8, 4) is 0 Å². The van der Waals surface area contributed by atoms with E-state index < -0.39 is 5.54 Å². The van der Waals surface area contributed by atoms with Crippen molar-refractivity contribution in [3.63, 3.8) is 0 Å². The number of nitrogens with zero attached hydrogens (tertiary/aromatic N) is 1. The standard InChI is InChI=1S/C16H32N2O3/c1-5-12-21-14-8-6-10-18(13-14)11-7-9-16(2,17-3)15(19)20-4/h14,17H,5-13H2,1-4H3. The van der Waals surface area contributed by atoms with E-state index in [1.165, 1.54) is 20.0 Å². The molecule has 1 aliphatic rings. The molecule has 1 aliphatic heterocycles. The van der Waals surface area contributed by atoms with Crippen LogP contribution in [-0.2, 0) is 14.3 Å². The molecule has 0 saturated carbocycles. The lowest BCUT2D eigenvalue weighted by Crippen LogP contribution is -2.49. The van der Waals surface area contributed by atoms with Gasteiger partial charge in [-0.25, -0.2) is 0 Å². The van der Waals surface area contributed by atoms with E-state index in [0.29, 0.717) is 6.10 Å². The summed E-state index contributed by atoms with van der Waals surface area (Å²) in [5, 5.41) is 3.09. The van der Waals surface area contributed by atoms with Gasteiger partial charge in [-0.3, -0.25) is 4.79 Å². The monoisotopic (exact) mass is 300 g/mol. The SMILES string of the molecule is CCCOC1CCCN(CCCC(C)(NC)C(=O)OC)C1. The van der Waals surface area contributed by atoms with Crippen LogP contribution in [0.5, 0.6) is 0 Å². The third-order valence-corrected chi connectivity index (χ3v) is 4.36. The molecular weight excluding hydrogens is 268 g/mol. The van der Waals surface area contributed by atoms with Crippen LogP contribution in [0.3, 0.4) is 0 Å². The van der Waals surface area contributed by atoms with Crippen LogP contribution in [0.2, 0.25) is 0 Å². The van der Waals surface area contributed by atoms with Crippen molar-refractivity contribution in [2.24, 2.45) is 0 Å². The Bertz CT molecular complexity index is 312. The lowest BCUT2D eigenvalue weighted by molar-refractivity contribution is -0.148. The number of piperidine rings is 1. The number of hydrogen-bond donors (Lipinski definition) is 1. The molecule has 1 heterocycles. The maximum atomic E-state index is 11.8. The number of nitrogens with one attached hydrogen (secondary N) is 1. The summed E-state index contributed by atoms with van der Waals surface area (Å²) in [6, 6.07) is 0. The zero-order valence-electron chi connectivity index (χ0n) is 14.1. The molecule has 5 heteroatoms. The van der Waals surface area contributed by atoms with Crippen molar-refractivity contribution < 1.29 is 14.3 Å². The first-order valence-electron chi connectivity index (χ1n) is 8.17. The van der Waals surface area contributed by atoms with E-state index in [2.05, 4.69) is 17.1 Å². The summed E-state index contributed by atoms with van der Waals surface area (Å²) < 4.78 is 10.7. The Labute approximate surface area is 129 Å². The smallest absolute Gasteiger partial charge is 0.325 e. The van der Waals surface area contributed by atoms with Gasteiger partial charge in [0.1, 0.15) is 5.54 Å². The summed E-state index contributed by atoms with van der Waals surface area (Å²) in [6.07, 6.45) is 5.60. The molecule has 5 nitrogen and oxygen atoms in total. The van der Waals surface area contributed by atoms with E-state index in [1.807, 2.05) is 14.0 Å². The van der Waals surface area contributed by atoms with E-state index in [4.69, 9.17) is 9.47 Å². The van der Waals surface area contributed by atoms with Gasteiger partial charge >= 0.3 is 5.97 Å². The summed E-state index contributed by atoms with van der Waals surface area (Å²) in [4.78, 5) is 14.3. The first-order chi connectivity index (χ1) is 10.1. The molecule has 1 N–H and O–H groups in total. The molecule has 0 bridgehead atoms. The molecule has 0 amide bonds. The minimum atomic E-state index is -0.581. The van der Waals surface area contributed by atoms with E-state index in [1.54, 1.807) is 0 Å². The molecule has 2 atom stereocenters. The number of ether oxygens (including phenoxy) is 2. The lowest BCUT2D eigenvalue weighted by atomic mass is 9.95. The zero-order chi connectivity index (χ0) is 15.7. The molecular formula is C16H32N2O3. The van der Waals surface area contributed by atoms with Crippen molar-refractivity contribution in [1.82, 2.24) is 10.2 Å². The Hall–Kier alpha value is -0.650. The number of likely N-dealkylation sites (tertiary alicyclic amines) is 1. The van der Waals surface area contributed by atoms with Gasteiger partial charge in [-0.15, -0.1) is 0 Å². The Balaban J connectivity index is 2.32. The van der Waals surface area contributed by atoms with Gasteiger partial charge in [0.25, 0.3) is 0 Å². The average Bonchev–Trinajstić information content (AvgIpc) is 2.52. The summed E-state index contributed by atoms with van der Waals surface area (Å²) in [7, 11) is 3.25. The van der Waals surface area contributed by atoms with Crippen LogP contribution < -0.4 is 5.32 Å². The van der Waals surface area contributed by atoms with E-state index >= 15 is 0 Å². The molecule has 1 rings (SSSR count). The number of hydrogen-bond acceptors (Lipinski definition) is 5. The molecule has 0 spiro atoms. The topological polar surface area (TPSA) is 50.8 Å². The zero-order valence-corrected chi connectivity index (χ0v) is 14.1. The van der Waals surface area contributed by atoms with Gasteiger partial charge in [0, 0.05) is 13.2 Å². The number of rotatable bonds is 9. The second kappa shape index (κ2) is 9.38. The van der Waals surface area contributed by atoms with Crippen LogP contribution in [0.25, 0.3) is 0 Å². The van der Waals surface area contributed by atoms with E-state index in [9.17, 15) is 4.79 Å². The van der Waals surface area contributed by atoms with Crippen LogP contribution >= 0.6 is 0 Å². The van der Waals surface area contributed by atoms with Gasteiger partial charge < -0.3 is 19.7 Å². The first-order valence-corrected chi connectivity index (χ1v) is 8.17. The minimum absolute atomic E-state index is 0.187. The summed E-state index contributed by atoms with van der Waals surface area (Å²) >= 11 is 0. The van der Waals surface area contributed by atoms with Gasteiger partial charge in [0.05, 0.1) is 13.2 Å². The van der Waals surface area contributed by atoms with Crippen LogP contribution in [0.4, 0.5) is 0 Å². The van der Waals surface area contributed by atoms with Gasteiger partial charge in [0.2, 0.25) is 0 Å². The molecule has 2 unspecified atom stereocenters. The highest BCUT2D eigenvalue weighted by molar-refractivity contribution is 5.80. The third-order valence-electron chi connectivity index (χ3n) is 4.36. The average molecular weight is 300 g/mol. The predicted molar refractivity (Wildman–Crippen MR) is 84.4 cm³/mol. The number of esters is 1. The molecule has 0 aliphatic carbocycles. The minimum Gasteiger partial charge on any atom is -0.468 e. The third kappa shape index (κ3) is 5.93. The summed E-state index contributed by atoms with van der Waals surface area (Å²) in [5.41, 5.74) is -0.581. The van der Waals surface area contributed by atoms with Gasteiger partial charge in [-0.05, 0) is 59.2 Å².